The van der Waals surface area contributed by atoms with Gasteiger partial charge in [0.25, 0.3) is 0 Å². The second-order valence-corrected chi connectivity index (χ2v) is 7.15. The third-order valence-electron chi connectivity index (χ3n) is 3.70. The smallest absolute Gasteiger partial charge is 0.410 e. The van der Waals surface area contributed by atoms with Gasteiger partial charge in [-0.05, 0) is 26.8 Å². The minimum atomic E-state index is -0.589. The molecule has 1 saturated heterocycles. The van der Waals surface area contributed by atoms with E-state index < -0.39 is 11.6 Å². The van der Waals surface area contributed by atoms with Gasteiger partial charge in [0.15, 0.2) is 5.69 Å². The highest BCUT2D eigenvalue weighted by molar-refractivity contribution is 6.32. The predicted octanol–water partition coefficient (Wildman–Crippen LogP) is 2.45. The molecule has 8 nitrogen and oxygen atoms in total. The Balaban J connectivity index is 2.19. The molecule has 0 atom stereocenters. The Morgan fingerprint density at radius 1 is 1.27 bits per heavy atom. The Kier molecular flexibility index (Phi) is 5.93. The Labute approximate surface area is 157 Å². The summed E-state index contributed by atoms with van der Waals surface area (Å²) in [6, 6.07) is 3.29. The molecule has 0 saturated carbocycles. The van der Waals surface area contributed by atoms with E-state index >= 15 is 0 Å². The number of carbonyl (C=O) groups is 2. The van der Waals surface area contributed by atoms with Crippen molar-refractivity contribution in [1.29, 1.82) is 5.26 Å². The highest BCUT2D eigenvalue weighted by atomic mass is 35.5. The number of esters is 1. The molecule has 1 aromatic heterocycles. The number of ether oxygens (including phenoxy) is 2. The molecular formula is C17H21ClN4O4. The topological polar surface area (TPSA) is 95.8 Å². The summed E-state index contributed by atoms with van der Waals surface area (Å²) in [6.07, 6.45) is -0.382. The molecule has 1 aliphatic heterocycles. The fraction of sp³-hybridized carbons (Fsp3) is 0.529. The van der Waals surface area contributed by atoms with Crippen molar-refractivity contribution in [2.75, 3.05) is 38.2 Å². The maximum Gasteiger partial charge on any atom is 0.410 e. The summed E-state index contributed by atoms with van der Waals surface area (Å²) in [7, 11) is 1.26. The SMILES string of the molecule is COC(=O)c1cc(Cl)c(C#N)nc1N1CCN(C(=O)OC(C)(C)C)CC1. The molecule has 0 aromatic carbocycles. The van der Waals surface area contributed by atoms with Gasteiger partial charge in [-0.3, -0.25) is 0 Å². The molecule has 2 rings (SSSR count). The second-order valence-electron chi connectivity index (χ2n) is 6.75. The Hall–Kier alpha value is -2.53. The maximum atomic E-state index is 12.2. The zero-order chi connectivity index (χ0) is 19.5. The van der Waals surface area contributed by atoms with E-state index in [2.05, 4.69) is 4.98 Å². The van der Waals surface area contributed by atoms with Crippen molar-refractivity contribution in [3.05, 3.63) is 22.3 Å². The first kappa shape index (κ1) is 19.8. The number of halogens is 1. The monoisotopic (exact) mass is 380 g/mol. The number of rotatable bonds is 2. The molecule has 1 fully saturated rings. The molecule has 1 aliphatic rings. The van der Waals surface area contributed by atoms with Crippen LogP contribution in [0.5, 0.6) is 0 Å². The summed E-state index contributed by atoms with van der Waals surface area (Å²) in [6.45, 7) is 7.11. The van der Waals surface area contributed by atoms with Crippen LogP contribution in [0.15, 0.2) is 6.07 Å². The molecule has 2 heterocycles. The third kappa shape index (κ3) is 4.55. The average Bonchev–Trinajstić information content (AvgIpc) is 2.59. The zero-order valence-electron chi connectivity index (χ0n) is 15.2. The third-order valence-corrected chi connectivity index (χ3v) is 3.99. The van der Waals surface area contributed by atoms with Crippen LogP contribution in [-0.4, -0.2) is 60.8 Å². The first-order chi connectivity index (χ1) is 12.2. The molecule has 1 amide bonds. The van der Waals surface area contributed by atoms with Gasteiger partial charge in [-0.25, -0.2) is 14.6 Å². The van der Waals surface area contributed by atoms with E-state index in [0.717, 1.165) is 0 Å². The largest absolute Gasteiger partial charge is 0.465 e. The average molecular weight is 381 g/mol. The number of pyridine rings is 1. The van der Waals surface area contributed by atoms with Crippen molar-refractivity contribution in [3.8, 4) is 6.07 Å². The highest BCUT2D eigenvalue weighted by Crippen LogP contribution is 2.26. The number of nitrogens with zero attached hydrogens (tertiary/aromatic N) is 4. The molecule has 0 bridgehead atoms. The first-order valence-electron chi connectivity index (χ1n) is 8.08. The van der Waals surface area contributed by atoms with Crippen LogP contribution in [0, 0.1) is 11.3 Å². The summed E-state index contributed by atoms with van der Waals surface area (Å²) < 4.78 is 10.1. The van der Waals surface area contributed by atoms with Gasteiger partial charge in [-0.15, -0.1) is 0 Å². The number of hydrogen-bond acceptors (Lipinski definition) is 7. The number of aromatic nitrogens is 1. The van der Waals surface area contributed by atoms with Crippen molar-refractivity contribution >= 4 is 29.5 Å². The van der Waals surface area contributed by atoms with Gasteiger partial charge in [0.2, 0.25) is 0 Å². The van der Waals surface area contributed by atoms with E-state index in [1.807, 2.05) is 31.7 Å². The van der Waals surface area contributed by atoms with E-state index in [9.17, 15) is 9.59 Å². The van der Waals surface area contributed by atoms with Crippen molar-refractivity contribution in [2.24, 2.45) is 0 Å². The van der Waals surface area contributed by atoms with Crippen molar-refractivity contribution in [1.82, 2.24) is 9.88 Å². The van der Waals surface area contributed by atoms with Crippen LogP contribution in [0.25, 0.3) is 0 Å². The number of carbonyl (C=O) groups excluding carboxylic acids is 2. The highest BCUT2D eigenvalue weighted by Gasteiger charge is 2.29. The molecule has 0 aliphatic carbocycles. The molecular weight excluding hydrogens is 360 g/mol. The first-order valence-corrected chi connectivity index (χ1v) is 8.46. The Morgan fingerprint density at radius 3 is 2.38 bits per heavy atom. The lowest BCUT2D eigenvalue weighted by atomic mass is 10.2. The minimum Gasteiger partial charge on any atom is -0.465 e. The summed E-state index contributed by atoms with van der Waals surface area (Å²) in [4.78, 5) is 31.8. The van der Waals surface area contributed by atoms with Crippen molar-refractivity contribution < 1.29 is 19.1 Å². The van der Waals surface area contributed by atoms with Gasteiger partial charge in [-0.2, -0.15) is 5.26 Å². The van der Waals surface area contributed by atoms with E-state index in [4.69, 9.17) is 26.3 Å². The molecule has 140 valence electrons. The van der Waals surface area contributed by atoms with Crippen LogP contribution in [0.4, 0.5) is 10.6 Å². The standard InChI is InChI=1S/C17H21ClN4O4/c1-17(2,3)26-16(24)22-7-5-21(6-8-22)14-11(15(23)25-4)9-12(18)13(10-19)20-14/h9H,5-8H2,1-4H3. The maximum absolute atomic E-state index is 12.2. The fourth-order valence-corrected chi connectivity index (χ4v) is 2.68. The van der Waals surface area contributed by atoms with Crippen LogP contribution in [0.1, 0.15) is 36.8 Å². The molecule has 26 heavy (non-hydrogen) atoms. The van der Waals surface area contributed by atoms with Crippen LogP contribution in [0.3, 0.4) is 0 Å². The zero-order valence-corrected chi connectivity index (χ0v) is 16.0. The van der Waals surface area contributed by atoms with Crippen LogP contribution in [-0.2, 0) is 9.47 Å². The number of amides is 1. The van der Waals surface area contributed by atoms with Crippen molar-refractivity contribution in [2.45, 2.75) is 26.4 Å². The molecule has 9 heteroatoms. The molecule has 0 spiro atoms. The molecule has 0 radical (unpaired) electrons. The second kappa shape index (κ2) is 7.79. The molecule has 0 N–H and O–H groups in total. The van der Waals surface area contributed by atoms with Crippen LogP contribution < -0.4 is 4.90 Å². The number of piperazine rings is 1. The number of nitriles is 1. The van der Waals surface area contributed by atoms with Gasteiger partial charge >= 0.3 is 12.1 Å². The van der Waals surface area contributed by atoms with E-state index in [1.165, 1.54) is 13.2 Å². The lowest BCUT2D eigenvalue weighted by molar-refractivity contribution is 0.0239. The van der Waals surface area contributed by atoms with Crippen molar-refractivity contribution in [3.63, 3.8) is 0 Å². The number of hydrogen-bond donors (Lipinski definition) is 0. The quantitative estimate of drug-likeness (QED) is 0.727. The molecule has 1 aromatic rings. The lowest BCUT2D eigenvalue weighted by Gasteiger charge is -2.36. The van der Waals surface area contributed by atoms with Gasteiger partial charge in [0.05, 0.1) is 12.1 Å². The van der Waals surface area contributed by atoms with E-state index in [0.29, 0.717) is 32.0 Å². The van der Waals surface area contributed by atoms with E-state index in [-0.39, 0.29) is 22.4 Å². The van der Waals surface area contributed by atoms with Gasteiger partial charge in [-0.1, -0.05) is 11.6 Å². The predicted molar refractivity (Wildman–Crippen MR) is 95.3 cm³/mol. The lowest BCUT2D eigenvalue weighted by Crippen LogP contribution is -2.50. The van der Waals surface area contributed by atoms with E-state index in [1.54, 1.807) is 4.90 Å². The number of methoxy groups -OCH3 is 1. The summed E-state index contributed by atoms with van der Waals surface area (Å²) in [5.41, 5.74) is -0.350. The Morgan fingerprint density at radius 2 is 1.88 bits per heavy atom. The van der Waals surface area contributed by atoms with Gasteiger partial charge < -0.3 is 19.3 Å². The van der Waals surface area contributed by atoms with Crippen LogP contribution >= 0.6 is 11.6 Å². The number of anilines is 1. The van der Waals surface area contributed by atoms with Gasteiger partial charge in [0.1, 0.15) is 23.1 Å². The summed E-state index contributed by atoms with van der Waals surface area (Å²) in [5.74, 6) is -0.268. The molecule has 0 unspecified atom stereocenters. The summed E-state index contributed by atoms with van der Waals surface area (Å²) >= 11 is 5.99. The minimum absolute atomic E-state index is 0.0314. The fourth-order valence-electron chi connectivity index (χ4n) is 2.49. The summed E-state index contributed by atoms with van der Waals surface area (Å²) in [5, 5.41) is 9.24. The normalized spacial score (nSPS) is 14.6. The van der Waals surface area contributed by atoms with Gasteiger partial charge in [0, 0.05) is 26.2 Å². The Bertz CT molecular complexity index is 746. The van der Waals surface area contributed by atoms with Crippen LogP contribution in [0.2, 0.25) is 5.02 Å².